The van der Waals surface area contributed by atoms with Gasteiger partial charge in [0.1, 0.15) is 11.9 Å². The van der Waals surface area contributed by atoms with Crippen molar-refractivity contribution in [1.29, 1.82) is 0 Å². The van der Waals surface area contributed by atoms with Gasteiger partial charge in [0, 0.05) is 24.3 Å². The molecule has 0 aromatic heterocycles. The van der Waals surface area contributed by atoms with Gasteiger partial charge in [0.05, 0.1) is 0 Å². The number of benzene rings is 3. The van der Waals surface area contributed by atoms with Crippen molar-refractivity contribution in [2.75, 3.05) is 5.32 Å². The first-order valence-electron chi connectivity index (χ1n) is 8.77. The van der Waals surface area contributed by atoms with E-state index in [9.17, 15) is 9.18 Å². The van der Waals surface area contributed by atoms with Gasteiger partial charge < -0.3 is 11.1 Å². The number of carbonyl (C=O) groups is 1. The molecule has 138 valence electrons. The van der Waals surface area contributed by atoms with E-state index < -0.39 is 11.9 Å². The van der Waals surface area contributed by atoms with E-state index in [1.54, 1.807) is 12.1 Å². The fourth-order valence-electron chi connectivity index (χ4n) is 2.83. The molecule has 5 heteroatoms. The lowest BCUT2D eigenvalue weighted by molar-refractivity contribution is -0.120. The topological polar surface area (TPSA) is 67.2 Å². The molecule has 0 fully saturated rings. The zero-order valence-electron chi connectivity index (χ0n) is 14.9. The van der Waals surface area contributed by atoms with E-state index in [0.717, 1.165) is 16.8 Å². The Kier molecular flexibility index (Phi) is 6.18. The van der Waals surface area contributed by atoms with Crippen molar-refractivity contribution in [3.8, 4) is 0 Å². The number of carbonyl (C=O) groups excluding carboxylic acids is 1. The second-order valence-corrected chi connectivity index (χ2v) is 6.27. The van der Waals surface area contributed by atoms with Crippen LogP contribution in [0.2, 0.25) is 0 Å². The van der Waals surface area contributed by atoms with Gasteiger partial charge in [0.25, 0.3) is 0 Å². The third-order valence-corrected chi connectivity index (χ3v) is 4.32. The second kappa shape index (κ2) is 8.96. The smallest absolute Gasteiger partial charge is 0.239 e. The number of nitrogens with one attached hydrogen (secondary N) is 2. The van der Waals surface area contributed by atoms with Crippen molar-refractivity contribution in [3.63, 3.8) is 0 Å². The molecule has 0 saturated heterocycles. The summed E-state index contributed by atoms with van der Waals surface area (Å²) < 4.78 is 13.7. The van der Waals surface area contributed by atoms with Crippen molar-refractivity contribution in [1.82, 2.24) is 5.32 Å². The highest BCUT2D eigenvalue weighted by molar-refractivity contribution is 5.81. The molecule has 1 atom stereocenters. The zero-order valence-corrected chi connectivity index (χ0v) is 14.9. The molecule has 0 heterocycles. The SMILES string of the molecule is NC(=O)C(NCc1ccc(NCc2ccccc2F)cc1)c1ccccc1. The average molecular weight is 363 g/mol. The van der Waals surface area contributed by atoms with Crippen LogP contribution >= 0.6 is 0 Å². The minimum absolute atomic E-state index is 0.218. The zero-order chi connectivity index (χ0) is 19.1. The molecule has 3 aromatic rings. The fraction of sp³-hybridized carbons (Fsp3) is 0.136. The molecule has 4 nitrogen and oxygen atoms in total. The van der Waals surface area contributed by atoms with Crippen LogP contribution in [-0.2, 0) is 17.9 Å². The van der Waals surface area contributed by atoms with Crippen molar-refractivity contribution in [2.24, 2.45) is 5.73 Å². The van der Waals surface area contributed by atoms with Crippen molar-refractivity contribution >= 4 is 11.6 Å². The highest BCUT2D eigenvalue weighted by Gasteiger charge is 2.16. The molecule has 0 aliphatic rings. The minimum atomic E-state index is -0.537. The van der Waals surface area contributed by atoms with Crippen LogP contribution in [0.5, 0.6) is 0 Å². The summed E-state index contributed by atoms with van der Waals surface area (Å²) in [6.45, 7) is 0.929. The third-order valence-electron chi connectivity index (χ3n) is 4.32. The summed E-state index contributed by atoms with van der Waals surface area (Å²) in [4.78, 5) is 11.7. The number of anilines is 1. The molecule has 4 N–H and O–H groups in total. The Morgan fingerprint density at radius 1 is 0.889 bits per heavy atom. The van der Waals surface area contributed by atoms with Crippen LogP contribution in [0, 0.1) is 5.82 Å². The predicted octanol–water partition coefficient (Wildman–Crippen LogP) is 3.75. The van der Waals surface area contributed by atoms with Crippen LogP contribution in [0.1, 0.15) is 22.7 Å². The molecule has 1 amide bonds. The summed E-state index contributed by atoms with van der Waals surface area (Å²) in [5, 5.41) is 6.40. The van der Waals surface area contributed by atoms with Crippen LogP contribution in [0.3, 0.4) is 0 Å². The molecule has 0 spiro atoms. The molecule has 0 saturated carbocycles. The monoisotopic (exact) mass is 363 g/mol. The van der Waals surface area contributed by atoms with Crippen molar-refractivity contribution in [3.05, 3.63) is 101 Å². The Morgan fingerprint density at radius 2 is 1.56 bits per heavy atom. The maximum absolute atomic E-state index is 13.7. The summed E-state index contributed by atoms with van der Waals surface area (Å²) in [7, 11) is 0. The Labute approximate surface area is 158 Å². The van der Waals surface area contributed by atoms with Crippen LogP contribution in [0.15, 0.2) is 78.9 Å². The largest absolute Gasteiger partial charge is 0.381 e. The molecule has 0 aliphatic carbocycles. The number of hydrogen-bond acceptors (Lipinski definition) is 3. The first-order chi connectivity index (χ1) is 13.1. The van der Waals surface area contributed by atoms with E-state index in [4.69, 9.17) is 5.73 Å². The maximum atomic E-state index is 13.7. The lowest BCUT2D eigenvalue weighted by atomic mass is 10.1. The van der Waals surface area contributed by atoms with Gasteiger partial charge in [-0.25, -0.2) is 4.39 Å². The highest BCUT2D eigenvalue weighted by Crippen LogP contribution is 2.15. The minimum Gasteiger partial charge on any atom is -0.381 e. The second-order valence-electron chi connectivity index (χ2n) is 6.27. The first-order valence-corrected chi connectivity index (χ1v) is 8.77. The van der Waals surface area contributed by atoms with Gasteiger partial charge in [0.2, 0.25) is 5.91 Å². The number of amides is 1. The van der Waals surface area contributed by atoms with E-state index in [2.05, 4.69) is 10.6 Å². The van der Waals surface area contributed by atoms with Gasteiger partial charge in [-0.2, -0.15) is 0 Å². The van der Waals surface area contributed by atoms with E-state index in [1.165, 1.54) is 6.07 Å². The lowest BCUT2D eigenvalue weighted by Gasteiger charge is -2.16. The predicted molar refractivity (Wildman–Crippen MR) is 105 cm³/mol. The Bertz CT molecular complexity index is 882. The summed E-state index contributed by atoms with van der Waals surface area (Å²) in [5.74, 6) is -0.631. The number of hydrogen-bond donors (Lipinski definition) is 3. The number of halogens is 1. The molecule has 0 aliphatic heterocycles. The van der Waals surface area contributed by atoms with E-state index in [1.807, 2.05) is 60.7 Å². The highest BCUT2D eigenvalue weighted by atomic mass is 19.1. The Balaban J connectivity index is 1.57. The van der Waals surface area contributed by atoms with Crippen molar-refractivity contribution < 1.29 is 9.18 Å². The average Bonchev–Trinajstić information content (AvgIpc) is 2.69. The standard InChI is InChI=1S/C22H22FN3O/c23-20-9-5-4-8-18(20)15-25-19-12-10-16(11-13-19)14-26-21(22(24)27)17-6-2-1-3-7-17/h1-13,21,25-26H,14-15H2,(H2,24,27). The van der Waals surface area contributed by atoms with E-state index in [0.29, 0.717) is 18.7 Å². The number of nitrogens with two attached hydrogens (primary N) is 1. The number of rotatable bonds is 8. The van der Waals surface area contributed by atoms with Crippen LogP contribution in [0.4, 0.5) is 10.1 Å². The molecule has 1 unspecified atom stereocenters. The van der Waals surface area contributed by atoms with Crippen LogP contribution in [-0.4, -0.2) is 5.91 Å². The number of primary amides is 1. The molecule has 3 rings (SSSR count). The van der Waals surface area contributed by atoms with E-state index in [-0.39, 0.29) is 5.82 Å². The molecule has 0 bridgehead atoms. The normalized spacial score (nSPS) is 11.7. The fourth-order valence-corrected chi connectivity index (χ4v) is 2.83. The Hall–Kier alpha value is -3.18. The van der Waals surface area contributed by atoms with Crippen molar-refractivity contribution in [2.45, 2.75) is 19.1 Å². The summed E-state index contributed by atoms with van der Waals surface area (Å²) in [6, 6.07) is 23.3. The molecule has 0 radical (unpaired) electrons. The van der Waals surface area contributed by atoms with Gasteiger partial charge in [0.15, 0.2) is 0 Å². The van der Waals surface area contributed by atoms with Gasteiger partial charge in [-0.05, 0) is 29.3 Å². The van der Waals surface area contributed by atoms with Gasteiger partial charge in [-0.1, -0.05) is 60.7 Å². The molecular formula is C22H22FN3O. The van der Waals surface area contributed by atoms with E-state index >= 15 is 0 Å². The third kappa shape index (κ3) is 5.15. The quantitative estimate of drug-likeness (QED) is 0.571. The van der Waals surface area contributed by atoms with Gasteiger partial charge >= 0.3 is 0 Å². The molecule has 27 heavy (non-hydrogen) atoms. The summed E-state index contributed by atoms with van der Waals surface area (Å²) >= 11 is 0. The lowest BCUT2D eigenvalue weighted by Crippen LogP contribution is -2.33. The molecular weight excluding hydrogens is 341 g/mol. The summed E-state index contributed by atoms with van der Waals surface area (Å²) in [6.07, 6.45) is 0. The molecule has 3 aromatic carbocycles. The van der Waals surface area contributed by atoms with Crippen LogP contribution < -0.4 is 16.4 Å². The van der Waals surface area contributed by atoms with Gasteiger partial charge in [-0.3, -0.25) is 10.1 Å². The maximum Gasteiger partial charge on any atom is 0.239 e. The summed E-state index contributed by atoms with van der Waals surface area (Å²) in [5.41, 5.74) is 8.91. The van der Waals surface area contributed by atoms with Gasteiger partial charge in [-0.15, -0.1) is 0 Å². The Morgan fingerprint density at radius 3 is 2.22 bits per heavy atom. The van der Waals surface area contributed by atoms with Crippen LogP contribution in [0.25, 0.3) is 0 Å². The first kappa shape index (κ1) is 18.6.